The first kappa shape index (κ1) is 23.3. The molecule has 0 saturated heterocycles. The summed E-state index contributed by atoms with van der Waals surface area (Å²) in [5, 5.41) is 49.2. The van der Waals surface area contributed by atoms with Crippen LogP contribution in [0.3, 0.4) is 0 Å². The average molecular weight is 392 g/mol. The molecule has 10 nitrogen and oxygen atoms in total. The van der Waals surface area contributed by atoms with Crippen LogP contribution < -0.4 is 0 Å². The molecule has 0 spiro atoms. The third kappa shape index (κ3) is 4.25. The molecular formula is C17H28O10. The van der Waals surface area contributed by atoms with Crippen LogP contribution in [-0.4, -0.2) is 74.6 Å². The fourth-order valence-electron chi connectivity index (χ4n) is 3.06. The molecule has 1 aliphatic rings. The molecule has 5 N–H and O–H groups in total. The van der Waals surface area contributed by atoms with E-state index in [9.17, 15) is 30.0 Å². The van der Waals surface area contributed by atoms with Gasteiger partial charge in [-0.2, -0.15) is 0 Å². The number of Topliss-reactive ketones (excluding diaryl/α,β-unsaturated/α-hetero) is 1. The summed E-state index contributed by atoms with van der Waals surface area (Å²) in [6, 6.07) is 0. The van der Waals surface area contributed by atoms with Crippen molar-refractivity contribution < 1.29 is 49.6 Å². The maximum atomic E-state index is 12.9. The molecule has 1 unspecified atom stereocenters. The van der Waals surface area contributed by atoms with Crippen molar-refractivity contribution in [3.05, 3.63) is 11.5 Å². The van der Waals surface area contributed by atoms with E-state index in [1.165, 1.54) is 0 Å². The Morgan fingerprint density at radius 1 is 1.33 bits per heavy atom. The quantitative estimate of drug-likeness (QED) is 0.126. The molecule has 1 aliphatic heterocycles. The van der Waals surface area contributed by atoms with E-state index in [1.807, 2.05) is 6.92 Å². The number of carbonyl (C=O) groups excluding carboxylic acids is 2. The Kier molecular flexibility index (Phi) is 8.18. The third-order valence-electron chi connectivity index (χ3n) is 4.28. The van der Waals surface area contributed by atoms with Gasteiger partial charge < -0.3 is 34.8 Å². The molecule has 0 aromatic carbocycles. The molecule has 0 fully saturated rings. The molecule has 0 aromatic rings. The van der Waals surface area contributed by atoms with E-state index in [1.54, 1.807) is 13.8 Å². The maximum Gasteiger partial charge on any atom is 0.383 e. The highest BCUT2D eigenvalue weighted by Crippen LogP contribution is 2.46. The number of unbranched alkanes of at least 4 members (excludes halogenated alkanes) is 1. The first-order chi connectivity index (χ1) is 12.6. The van der Waals surface area contributed by atoms with Crippen molar-refractivity contribution in [1.82, 2.24) is 0 Å². The highest BCUT2D eigenvalue weighted by molar-refractivity contribution is 6.03. The van der Waals surface area contributed by atoms with Crippen LogP contribution in [-0.2, 0) is 24.0 Å². The van der Waals surface area contributed by atoms with Crippen molar-refractivity contribution >= 4 is 11.8 Å². The van der Waals surface area contributed by atoms with Gasteiger partial charge in [-0.25, -0.2) is 10.1 Å². The first-order valence-corrected chi connectivity index (χ1v) is 8.73. The molecule has 1 rings (SSSR count). The number of ether oxygens (including phenoxy) is 2. The fourth-order valence-corrected chi connectivity index (χ4v) is 3.06. The minimum Gasteiger partial charge on any atom is -0.489 e. The lowest BCUT2D eigenvalue weighted by Gasteiger charge is -2.43. The predicted molar refractivity (Wildman–Crippen MR) is 90.0 cm³/mol. The molecule has 0 saturated carbocycles. The highest BCUT2D eigenvalue weighted by atomic mass is 17.1. The maximum absolute atomic E-state index is 12.9. The number of hydrogen-bond acceptors (Lipinski definition) is 10. The molecule has 156 valence electrons. The van der Waals surface area contributed by atoms with Gasteiger partial charge in [-0.15, -0.1) is 0 Å². The number of aliphatic hydroxyl groups excluding tert-OH is 3. The summed E-state index contributed by atoms with van der Waals surface area (Å²) in [5.41, 5.74) is -5.11. The van der Waals surface area contributed by atoms with Gasteiger partial charge >= 0.3 is 5.97 Å². The Balaban J connectivity index is 3.66. The zero-order chi connectivity index (χ0) is 20.8. The smallest absolute Gasteiger partial charge is 0.383 e. The van der Waals surface area contributed by atoms with Crippen LogP contribution in [0.1, 0.15) is 40.0 Å². The van der Waals surface area contributed by atoms with Crippen molar-refractivity contribution in [3.8, 4) is 0 Å². The Morgan fingerprint density at radius 3 is 2.41 bits per heavy atom. The van der Waals surface area contributed by atoms with E-state index in [-0.39, 0.29) is 18.9 Å². The lowest BCUT2D eigenvalue weighted by atomic mass is 9.72. The summed E-state index contributed by atoms with van der Waals surface area (Å²) < 4.78 is 10.5. The summed E-state index contributed by atoms with van der Waals surface area (Å²) in [5.74, 6) is -4.45. The van der Waals surface area contributed by atoms with Gasteiger partial charge in [0.25, 0.3) is 11.4 Å². The van der Waals surface area contributed by atoms with Gasteiger partial charge in [0.2, 0.25) is 11.5 Å². The van der Waals surface area contributed by atoms with Crippen LogP contribution in [0.15, 0.2) is 11.5 Å². The van der Waals surface area contributed by atoms with E-state index in [2.05, 4.69) is 4.89 Å². The molecule has 10 heteroatoms. The number of rotatable bonds is 12. The standard InChI is InChI=1S/C17H28O10/c1-4-5-6-25-14-12(27-24)15(22)26-17(14,13(21)11(20)8-18)16(23,9-19)7-10(2)3/h10-11,18-20,23-24H,4-9H2,1-3H3/t11?,16-,17-/m0/s1. The third-order valence-corrected chi connectivity index (χ3v) is 4.28. The van der Waals surface area contributed by atoms with Crippen LogP contribution in [0.2, 0.25) is 0 Å². The molecular weight excluding hydrogens is 364 g/mol. The van der Waals surface area contributed by atoms with Gasteiger partial charge in [-0.1, -0.05) is 27.2 Å². The highest BCUT2D eigenvalue weighted by Gasteiger charge is 2.69. The minimum absolute atomic E-state index is 0.0250. The Labute approximate surface area is 156 Å². The number of carbonyl (C=O) groups is 2. The van der Waals surface area contributed by atoms with Gasteiger partial charge in [-0.05, 0) is 18.8 Å². The number of aliphatic hydroxyl groups is 4. The normalized spacial score (nSPS) is 23.2. The largest absolute Gasteiger partial charge is 0.489 e. The molecule has 1 heterocycles. The van der Waals surface area contributed by atoms with Crippen LogP contribution in [0.5, 0.6) is 0 Å². The van der Waals surface area contributed by atoms with E-state index in [0.717, 1.165) is 0 Å². The summed E-state index contributed by atoms with van der Waals surface area (Å²) in [6.45, 7) is 3.13. The van der Waals surface area contributed by atoms with Gasteiger partial charge in [0.1, 0.15) is 11.7 Å². The lowest BCUT2D eigenvalue weighted by molar-refractivity contribution is -0.214. The summed E-state index contributed by atoms with van der Waals surface area (Å²) in [6.07, 6.45) is -1.11. The average Bonchev–Trinajstić information content (AvgIpc) is 2.92. The van der Waals surface area contributed by atoms with Gasteiger partial charge in [0.05, 0.1) is 19.8 Å². The van der Waals surface area contributed by atoms with E-state index >= 15 is 0 Å². The van der Waals surface area contributed by atoms with Gasteiger partial charge in [0, 0.05) is 0 Å². The lowest BCUT2D eigenvalue weighted by Crippen LogP contribution is -2.66. The fraction of sp³-hybridized carbons (Fsp3) is 0.765. The van der Waals surface area contributed by atoms with Crippen molar-refractivity contribution in [1.29, 1.82) is 0 Å². The summed E-state index contributed by atoms with van der Waals surface area (Å²) in [7, 11) is 0. The van der Waals surface area contributed by atoms with Crippen LogP contribution >= 0.6 is 0 Å². The molecule has 0 amide bonds. The molecule has 0 bridgehead atoms. The van der Waals surface area contributed by atoms with E-state index in [4.69, 9.17) is 14.7 Å². The summed E-state index contributed by atoms with van der Waals surface area (Å²) >= 11 is 0. The number of hydrogen-bond donors (Lipinski definition) is 5. The van der Waals surface area contributed by atoms with Crippen molar-refractivity contribution in [2.75, 3.05) is 19.8 Å². The van der Waals surface area contributed by atoms with Crippen LogP contribution in [0, 0.1) is 5.92 Å². The van der Waals surface area contributed by atoms with Crippen LogP contribution in [0.25, 0.3) is 0 Å². The number of esters is 1. The second kappa shape index (κ2) is 9.47. The van der Waals surface area contributed by atoms with Crippen molar-refractivity contribution in [2.45, 2.75) is 57.3 Å². The van der Waals surface area contributed by atoms with Crippen LogP contribution in [0.4, 0.5) is 0 Å². The minimum atomic E-state index is -2.70. The molecule has 27 heavy (non-hydrogen) atoms. The molecule has 0 aliphatic carbocycles. The number of cyclic esters (lactones) is 1. The van der Waals surface area contributed by atoms with E-state index in [0.29, 0.717) is 12.8 Å². The monoisotopic (exact) mass is 392 g/mol. The second-order valence-corrected chi connectivity index (χ2v) is 6.87. The van der Waals surface area contributed by atoms with Crippen molar-refractivity contribution in [2.24, 2.45) is 5.92 Å². The zero-order valence-electron chi connectivity index (χ0n) is 15.7. The second-order valence-electron chi connectivity index (χ2n) is 6.87. The predicted octanol–water partition coefficient (Wildman–Crippen LogP) is -0.508. The van der Waals surface area contributed by atoms with Crippen molar-refractivity contribution in [3.63, 3.8) is 0 Å². The molecule has 0 radical (unpaired) electrons. The first-order valence-electron chi connectivity index (χ1n) is 8.73. The Hall–Kier alpha value is -1.72. The summed E-state index contributed by atoms with van der Waals surface area (Å²) in [4.78, 5) is 29.1. The Bertz CT molecular complexity index is 572. The Morgan fingerprint density at radius 2 is 1.96 bits per heavy atom. The molecule has 0 aromatic heterocycles. The van der Waals surface area contributed by atoms with Gasteiger partial charge in [-0.3, -0.25) is 4.79 Å². The zero-order valence-corrected chi connectivity index (χ0v) is 15.7. The van der Waals surface area contributed by atoms with E-state index < -0.39 is 53.8 Å². The van der Waals surface area contributed by atoms with Gasteiger partial charge in [0.15, 0.2) is 0 Å². The number of ketones is 1. The molecule has 3 atom stereocenters. The topological polar surface area (TPSA) is 163 Å². The SMILES string of the molecule is CCCCOC1=C(OO)C(=O)O[C@]1(C(=O)C(O)CO)[C@@](O)(CO)CC(C)C.